The molecule has 21 heavy (non-hydrogen) atoms. The van der Waals surface area contributed by atoms with Crippen molar-refractivity contribution in [3.8, 4) is 10.6 Å². The molecule has 114 valence electrons. The van der Waals surface area contributed by atoms with E-state index in [1.54, 1.807) is 11.3 Å². The number of nitrogens with one attached hydrogen (secondary N) is 2. The van der Waals surface area contributed by atoms with E-state index in [9.17, 15) is 4.79 Å². The van der Waals surface area contributed by atoms with Crippen LogP contribution in [0.4, 0.5) is 0 Å². The van der Waals surface area contributed by atoms with Crippen LogP contribution >= 0.6 is 11.3 Å². The van der Waals surface area contributed by atoms with Gasteiger partial charge in [-0.1, -0.05) is 6.07 Å². The van der Waals surface area contributed by atoms with Crippen molar-refractivity contribution in [2.75, 3.05) is 13.1 Å². The fourth-order valence-corrected chi connectivity index (χ4v) is 2.99. The molecule has 0 aromatic carbocycles. The Hall–Kier alpha value is -1.66. The van der Waals surface area contributed by atoms with Crippen molar-refractivity contribution < 1.29 is 4.79 Å². The molecule has 0 saturated carbocycles. The standard InChI is InChI=1S/C15H22N4OS/c1-4-19(5-2)15(20)11(3)16-9-12-10-17-18-14(12)13-7-6-8-21-13/h6-8,10-11,16H,4-5,9H2,1-3H3,(H,17,18). The molecule has 0 fully saturated rings. The average Bonchev–Trinajstić information content (AvgIpc) is 3.16. The van der Waals surface area contributed by atoms with Crippen LogP contribution in [0.1, 0.15) is 26.3 Å². The van der Waals surface area contributed by atoms with E-state index in [0.717, 1.165) is 29.2 Å². The monoisotopic (exact) mass is 306 g/mol. The Morgan fingerprint density at radius 1 is 1.48 bits per heavy atom. The first kappa shape index (κ1) is 15.7. The second-order valence-electron chi connectivity index (χ2n) is 4.86. The molecule has 0 aliphatic rings. The number of likely N-dealkylation sites (N-methyl/N-ethyl adjacent to an activating group) is 1. The van der Waals surface area contributed by atoms with Crippen molar-refractivity contribution in [3.05, 3.63) is 29.3 Å². The molecule has 2 N–H and O–H groups in total. The van der Waals surface area contributed by atoms with Gasteiger partial charge in [0.2, 0.25) is 5.91 Å². The van der Waals surface area contributed by atoms with Gasteiger partial charge in [0.25, 0.3) is 0 Å². The Morgan fingerprint density at radius 2 is 2.24 bits per heavy atom. The predicted molar refractivity (Wildman–Crippen MR) is 86.1 cm³/mol. The summed E-state index contributed by atoms with van der Waals surface area (Å²) >= 11 is 1.67. The molecule has 0 aliphatic carbocycles. The van der Waals surface area contributed by atoms with Crippen LogP contribution < -0.4 is 5.32 Å². The van der Waals surface area contributed by atoms with Crippen molar-refractivity contribution in [2.45, 2.75) is 33.4 Å². The highest BCUT2D eigenvalue weighted by Gasteiger charge is 2.18. The summed E-state index contributed by atoms with van der Waals surface area (Å²) in [6, 6.07) is 3.88. The minimum Gasteiger partial charge on any atom is -0.342 e. The van der Waals surface area contributed by atoms with Crippen molar-refractivity contribution in [1.82, 2.24) is 20.4 Å². The maximum atomic E-state index is 12.2. The van der Waals surface area contributed by atoms with Gasteiger partial charge in [0.05, 0.1) is 22.8 Å². The van der Waals surface area contributed by atoms with Gasteiger partial charge in [-0.25, -0.2) is 0 Å². The molecule has 0 bridgehead atoms. The van der Waals surface area contributed by atoms with Crippen molar-refractivity contribution in [3.63, 3.8) is 0 Å². The normalized spacial score (nSPS) is 12.3. The number of rotatable bonds is 7. The first-order valence-corrected chi connectivity index (χ1v) is 8.13. The Bertz CT molecular complexity index is 560. The third-order valence-corrected chi connectivity index (χ3v) is 4.42. The fourth-order valence-electron chi connectivity index (χ4n) is 2.24. The van der Waals surface area contributed by atoms with Gasteiger partial charge in [-0.15, -0.1) is 11.3 Å². The lowest BCUT2D eigenvalue weighted by Gasteiger charge is -2.23. The molecule has 1 atom stereocenters. The third-order valence-electron chi connectivity index (χ3n) is 3.53. The lowest BCUT2D eigenvalue weighted by atomic mass is 10.2. The van der Waals surface area contributed by atoms with Crippen molar-refractivity contribution in [1.29, 1.82) is 0 Å². The number of nitrogens with zero attached hydrogens (tertiary/aromatic N) is 2. The first-order valence-electron chi connectivity index (χ1n) is 7.25. The van der Waals surface area contributed by atoms with E-state index < -0.39 is 0 Å². The summed E-state index contributed by atoms with van der Waals surface area (Å²) in [5, 5.41) is 12.5. The molecule has 2 rings (SSSR count). The molecule has 0 radical (unpaired) electrons. The van der Waals surface area contributed by atoms with Crippen molar-refractivity contribution in [2.24, 2.45) is 0 Å². The van der Waals surface area contributed by atoms with Gasteiger partial charge in [0.15, 0.2) is 0 Å². The summed E-state index contributed by atoms with van der Waals surface area (Å²) in [6.07, 6.45) is 1.82. The number of thiophene rings is 1. The van der Waals surface area contributed by atoms with Gasteiger partial charge in [-0.2, -0.15) is 5.10 Å². The van der Waals surface area contributed by atoms with Crippen LogP contribution in [0.5, 0.6) is 0 Å². The second kappa shape index (κ2) is 7.38. The van der Waals surface area contributed by atoms with Crippen LogP contribution in [-0.2, 0) is 11.3 Å². The van der Waals surface area contributed by atoms with E-state index in [1.165, 1.54) is 0 Å². The van der Waals surface area contributed by atoms with Crippen LogP contribution in [0, 0.1) is 0 Å². The van der Waals surface area contributed by atoms with Gasteiger partial charge < -0.3 is 10.2 Å². The van der Waals surface area contributed by atoms with Gasteiger partial charge in [0, 0.05) is 25.2 Å². The van der Waals surface area contributed by atoms with Crippen LogP contribution in [0.25, 0.3) is 10.6 Å². The summed E-state index contributed by atoms with van der Waals surface area (Å²) in [5.74, 6) is 0.140. The highest BCUT2D eigenvalue weighted by Crippen LogP contribution is 2.25. The van der Waals surface area contributed by atoms with E-state index in [-0.39, 0.29) is 11.9 Å². The van der Waals surface area contributed by atoms with Crippen molar-refractivity contribution >= 4 is 17.2 Å². The summed E-state index contributed by atoms with van der Waals surface area (Å²) in [7, 11) is 0. The Labute approximate surface area is 129 Å². The fraction of sp³-hybridized carbons (Fsp3) is 0.467. The number of hydrogen-bond donors (Lipinski definition) is 2. The van der Waals surface area contributed by atoms with Crippen LogP contribution in [0.2, 0.25) is 0 Å². The zero-order chi connectivity index (χ0) is 15.2. The minimum absolute atomic E-state index is 0.140. The van der Waals surface area contributed by atoms with Gasteiger partial charge >= 0.3 is 0 Å². The number of H-pyrrole nitrogens is 1. The maximum Gasteiger partial charge on any atom is 0.239 e. The summed E-state index contributed by atoms with van der Waals surface area (Å²) in [5.41, 5.74) is 2.11. The van der Waals surface area contributed by atoms with E-state index in [2.05, 4.69) is 21.6 Å². The number of carbonyl (C=O) groups is 1. The highest BCUT2D eigenvalue weighted by molar-refractivity contribution is 7.13. The van der Waals surface area contributed by atoms with E-state index in [1.807, 2.05) is 43.3 Å². The van der Waals surface area contributed by atoms with E-state index in [0.29, 0.717) is 6.54 Å². The van der Waals surface area contributed by atoms with Crippen LogP contribution in [0.3, 0.4) is 0 Å². The van der Waals surface area contributed by atoms with Crippen LogP contribution in [0.15, 0.2) is 23.7 Å². The predicted octanol–water partition coefficient (Wildman–Crippen LogP) is 2.48. The zero-order valence-corrected chi connectivity index (χ0v) is 13.5. The number of aromatic amines is 1. The number of hydrogen-bond acceptors (Lipinski definition) is 4. The smallest absolute Gasteiger partial charge is 0.239 e. The van der Waals surface area contributed by atoms with Gasteiger partial charge in [0.1, 0.15) is 0 Å². The molecule has 0 spiro atoms. The number of carbonyl (C=O) groups excluding carboxylic acids is 1. The zero-order valence-electron chi connectivity index (χ0n) is 12.7. The molecular formula is C15H22N4OS. The molecule has 2 heterocycles. The topological polar surface area (TPSA) is 61.0 Å². The number of aromatic nitrogens is 2. The Kier molecular flexibility index (Phi) is 5.52. The molecule has 2 aromatic rings. The molecule has 0 saturated heterocycles. The highest BCUT2D eigenvalue weighted by atomic mass is 32.1. The largest absolute Gasteiger partial charge is 0.342 e. The first-order chi connectivity index (χ1) is 10.2. The summed E-state index contributed by atoms with van der Waals surface area (Å²) < 4.78 is 0. The second-order valence-corrected chi connectivity index (χ2v) is 5.81. The van der Waals surface area contributed by atoms with E-state index >= 15 is 0 Å². The summed E-state index contributed by atoms with van der Waals surface area (Å²) in [4.78, 5) is 15.2. The molecule has 5 nitrogen and oxygen atoms in total. The van der Waals surface area contributed by atoms with E-state index in [4.69, 9.17) is 0 Å². The summed E-state index contributed by atoms with van der Waals surface area (Å²) in [6.45, 7) is 8.02. The maximum absolute atomic E-state index is 12.2. The third kappa shape index (κ3) is 3.71. The lowest BCUT2D eigenvalue weighted by molar-refractivity contribution is -0.132. The van der Waals surface area contributed by atoms with Crippen LogP contribution in [-0.4, -0.2) is 40.1 Å². The minimum atomic E-state index is -0.198. The molecule has 6 heteroatoms. The molecule has 2 aromatic heterocycles. The lowest BCUT2D eigenvalue weighted by Crippen LogP contribution is -2.44. The Balaban J connectivity index is 1.98. The van der Waals surface area contributed by atoms with Gasteiger partial charge in [-0.05, 0) is 32.2 Å². The average molecular weight is 306 g/mol. The Morgan fingerprint density at radius 3 is 2.86 bits per heavy atom. The number of amides is 1. The quantitative estimate of drug-likeness (QED) is 0.826. The molecule has 1 unspecified atom stereocenters. The molecule has 0 aliphatic heterocycles. The van der Waals surface area contributed by atoms with Gasteiger partial charge in [-0.3, -0.25) is 9.89 Å². The SMILES string of the molecule is CCN(CC)C(=O)C(C)NCc1cn[nH]c1-c1cccs1. The molecule has 1 amide bonds. The molecular weight excluding hydrogens is 284 g/mol.